The molecule has 0 aliphatic carbocycles. The van der Waals surface area contributed by atoms with Crippen LogP contribution in [0.3, 0.4) is 0 Å². The highest BCUT2D eigenvalue weighted by atomic mass is 35.5. The van der Waals surface area contributed by atoms with E-state index in [2.05, 4.69) is 21.4 Å². The van der Waals surface area contributed by atoms with Crippen molar-refractivity contribution in [2.75, 3.05) is 25.6 Å². The average molecular weight is 372 g/mol. The lowest BCUT2D eigenvalue weighted by Gasteiger charge is -2.14. The number of hydrogen-bond acceptors (Lipinski definition) is 6. The quantitative estimate of drug-likeness (QED) is 0.583. The van der Waals surface area contributed by atoms with Gasteiger partial charge in [0.1, 0.15) is 12.1 Å². The molecule has 0 saturated carbocycles. The first kappa shape index (κ1) is 18.2. The summed E-state index contributed by atoms with van der Waals surface area (Å²) < 4.78 is 11.3. The van der Waals surface area contributed by atoms with Crippen LogP contribution in [0.2, 0.25) is 5.02 Å². The molecular weight excluding hydrogens is 352 g/mol. The smallest absolute Gasteiger partial charge is 0.162 e. The summed E-state index contributed by atoms with van der Waals surface area (Å²) in [7, 11) is 1.61. The van der Waals surface area contributed by atoms with Crippen molar-refractivity contribution in [3.8, 4) is 11.5 Å². The van der Waals surface area contributed by atoms with Crippen LogP contribution in [0.1, 0.15) is 12.8 Å². The molecule has 6 nitrogen and oxygen atoms in total. The number of nitrogens with one attached hydrogen (secondary N) is 1. The van der Waals surface area contributed by atoms with Crippen molar-refractivity contribution < 1.29 is 9.47 Å². The molecule has 3 rings (SSSR count). The summed E-state index contributed by atoms with van der Waals surface area (Å²) >= 11 is 6.04. The van der Waals surface area contributed by atoms with Crippen molar-refractivity contribution in [1.29, 1.82) is 0 Å². The Bertz CT molecular complexity index is 889. The van der Waals surface area contributed by atoms with E-state index in [1.807, 2.05) is 12.1 Å². The Morgan fingerprint density at radius 3 is 2.85 bits per heavy atom. The van der Waals surface area contributed by atoms with E-state index >= 15 is 0 Å². The molecule has 0 aliphatic rings. The monoisotopic (exact) mass is 371 g/mol. The first-order valence-corrected chi connectivity index (χ1v) is 8.69. The Morgan fingerprint density at radius 2 is 2.08 bits per heavy atom. The van der Waals surface area contributed by atoms with Gasteiger partial charge in [0.15, 0.2) is 11.5 Å². The van der Waals surface area contributed by atoms with Crippen LogP contribution in [0, 0.1) is 6.07 Å². The summed E-state index contributed by atoms with van der Waals surface area (Å²) in [6.07, 6.45) is 3.29. The fourth-order valence-electron chi connectivity index (χ4n) is 2.50. The minimum atomic E-state index is 0.567. The van der Waals surface area contributed by atoms with Crippen LogP contribution in [-0.4, -0.2) is 30.2 Å². The highest BCUT2D eigenvalue weighted by Crippen LogP contribution is 2.35. The van der Waals surface area contributed by atoms with Gasteiger partial charge in [-0.3, -0.25) is 0 Å². The van der Waals surface area contributed by atoms with Crippen LogP contribution in [-0.2, 0) is 0 Å². The molecule has 0 atom stereocenters. The molecule has 0 saturated heterocycles. The summed E-state index contributed by atoms with van der Waals surface area (Å²) in [5, 5.41) is 4.66. The van der Waals surface area contributed by atoms with E-state index < -0.39 is 0 Å². The van der Waals surface area contributed by atoms with Crippen molar-refractivity contribution in [1.82, 2.24) is 9.97 Å². The zero-order valence-corrected chi connectivity index (χ0v) is 15.2. The molecule has 0 bridgehead atoms. The predicted molar refractivity (Wildman–Crippen MR) is 103 cm³/mol. The van der Waals surface area contributed by atoms with Gasteiger partial charge in [0.25, 0.3) is 0 Å². The van der Waals surface area contributed by atoms with Crippen molar-refractivity contribution >= 4 is 34.0 Å². The molecule has 0 unspecified atom stereocenters. The molecule has 0 spiro atoms. The predicted octanol–water partition coefficient (Wildman–Crippen LogP) is 3.95. The van der Waals surface area contributed by atoms with E-state index in [1.165, 1.54) is 6.33 Å². The number of hydrogen-bond donors (Lipinski definition) is 2. The molecule has 3 aromatic rings. The molecule has 26 heavy (non-hydrogen) atoms. The molecule has 7 heteroatoms. The lowest BCUT2D eigenvalue weighted by atomic mass is 10.2. The lowest BCUT2D eigenvalue weighted by molar-refractivity contribution is 0.287. The minimum Gasteiger partial charge on any atom is -0.493 e. The van der Waals surface area contributed by atoms with Crippen LogP contribution >= 0.6 is 11.6 Å². The number of fused-ring (bicyclic) bond motifs is 1. The Kier molecular flexibility index (Phi) is 6.09. The molecule has 1 heterocycles. The summed E-state index contributed by atoms with van der Waals surface area (Å²) in [5.41, 5.74) is 6.99. The zero-order chi connectivity index (χ0) is 18.4. The molecule has 1 radical (unpaired) electrons. The lowest BCUT2D eigenvalue weighted by Crippen LogP contribution is -2.04. The minimum absolute atomic E-state index is 0.567. The topological polar surface area (TPSA) is 82.3 Å². The van der Waals surface area contributed by atoms with E-state index in [-0.39, 0.29) is 0 Å². The van der Waals surface area contributed by atoms with Gasteiger partial charge < -0.3 is 20.5 Å². The second kappa shape index (κ2) is 8.69. The molecule has 3 N–H and O–H groups in total. The Labute approximate surface area is 157 Å². The normalized spacial score (nSPS) is 10.7. The number of anilines is 2. The summed E-state index contributed by atoms with van der Waals surface area (Å²) in [4.78, 5) is 8.66. The Hall–Kier alpha value is -2.57. The molecule has 0 aliphatic heterocycles. The maximum atomic E-state index is 6.04. The van der Waals surface area contributed by atoms with Crippen LogP contribution in [0.4, 0.5) is 11.5 Å². The SMILES string of the molecule is COc1cc2ncnc(Nc3[c]ccc(Cl)c3)c2cc1OCCCCN. The number of methoxy groups -OCH3 is 1. The number of aromatic nitrogens is 2. The van der Waals surface area contributed by atoms with E-state index in [9.17, 15) is 0 Å². The van der Waals surface area contributed by atoms with Crippen LogP contribution in [0.5, 0.6) is 11.5 Å². The highest BCUT2D eigenvalue weighted by Gasteiger charge is 2.12. The second-order valence-corrected chi connectivity index (χ2v) is 6.07. The first-order chi connectivity index (χ1) is 12.7. The molecule has 0 fully saturated rings. The summed E-state index contributed by atoms with van der Waals surface area (Å²) in [6, 6.07) is 12.1. The maximum absolute atomic E-state index is 6.04. The molecule has 135 valence electrons. The maximum Gasteiger partial charge on any atom is 0.162 e. The highest BCUT2D eigenvalue weighted by molar-refractivity contribution is 6.30. The van der Waals surface area contributed by atoms with Gasteiger partial charge in [-0.2, -0.15) is 0 Å². The van der Waals surface area contributed by atoms with Crippen molar-refractivity contribution in [2.24, 2.45) is 5.73 Å². The number of rotatable bonds is 8. The van der Waals surface area contributed by atoms with Crippen LogP contribution < -0.4 is 20.5 Å². The Morgan fingerprint density at radius 1 is 1.19 bits per heavy atom. The Balaban J connectivity index is 1.93. The third-order valence-corrected chi connectivity index (χ3v) is 4.03. The third-order valence-electron chi connectivity index (χ3n) is 3.79. The molecule has 2 aromatic carbocycles. The van der Waals surface area contributed by atoms with Gasteiger partial charge in [-0.05, 0) is 37.6 Å². The number of unbranched alkanes of at least 4 members (excludes halogenated alkanes) is 1. The number of halogens is 1. The average Bonchev–Trinajstić information content (AvgIpc) is 2.65. The number of nitrogens with two attached hydrogens (primary N) is 1. The van der Waals surface area contributed by atoms with Gasteiger partial charge in [-0.25, -0.2) is 9.97 Å². The van der Waals surface area contributed by atoms with Gasteiger partial charge >= 0.3 is 0 Å². The third kappa shape index (κ3) is 4.33. The van der Waals surface area contributed by atoms with E-state index in [1.54, 1.807) is 25.3 Å². The van der Waals surface area contributed by atoms with Crippen molar-refractivity contribution in [3.05, 3.63) is 47.7 Å². The van der Waals surface area contributed by atoms with Crippen molar-refractivity contribution in [2.45, 2.75) is 12.8 Å². The van der Waals surface area contributed by atoms with E-state index in [0.29, 0.717) is 35.5 Å². The van der Waals surface area contributed by atoms with Gasteiger partial charge in [0.05, 0.1) is 19.2 Å². The summed E-state index contributed by atoms with van der Waals surface area (Å²) in [6.45, 7) is 1.22. The molecular formula is C19H20ClN4O2. The number of nitrogens with zero attached hydrogens (tertiary/aromatic N) is 2. The van der Waals surface area contributed by atoms with Gasteiger partial charge in [0, 0.05) is 28.2 Å². The largest absolute Gasteiger partial charge is 0.493 e. The first-order valence-electron chi connectivity index (χ1n) is 8.31. The standard InChI is InChI=1S/C19H20ClN4O2/c1-25-17-11-16-15(10-18(17)26-8-3-2-7-21)19(23-12-22-16)24-14-6-4-5-13(20)9-14/h4-5,9-12H,2-3,7-8,21H2,1H3,(H,22,23,24). The summed E-state index contributed by atoms with van der Waals surface area (Å²) in [5.74, 6) is 1.91. The fourth-order valence-corrected chi connectivity index (χ4v) is 2.68. The van der Waals surface area contributed by atoms with Crippen molar-refractivity contribution in [3.63, 3.8) is 0 Å². The fraction of sp³-hybridized carbons (Fsp3) is 0.263. The van der Waals surface area contributed by atoms with Crippen LogP contribution in [0.15, 0.2) is 36.7 Å². The van der Waals surface area contributed by atoms with E-state index in [0.717, 1.165) is 29.4 Å². The second-order valence-electron chi connectivity index (χ2n) is 5.63. The molecule has 1 aromatic heterocycles. The van der Waals surface area contributed by atoms with Gasteiger partial charge in [0.2, 0.25) is 0 Å². The zero-order valence-electron chi connectivity index (χ0n) is 14.5. The number of benzene rings is 2. The van der Waals surface area contributed by atoms with E-state index in [4.69, 9.17) is 26.8 Å². The number of ether oxygens (including phenoxy) is 2. The van der Waals surface area contributed by atoms with Gasteiger partial charge in [-0.1, -0.05) is 17.7 Å². The molecule has 0 amide bonds. The van der Waals surface area contributed by atoms with Crippen LogP contribution in [0.25, 0.3) is 10.9 Å². The van der Waals surface area contributed by atoms with Gasteiger partial charge in [-0.15, -0.1) is 0 Å².